The van der Waals surface area contributed by atoms with Crippen LogP contribution in [0.2, 0.25) is 0 Å². The maximum absolute atomic E-state index is 11.6. The van der Waals surface area contributed by atoms with Crippen LogP contribution < -0.4 is 4.74 Å². The Hall–Kier alpha value is -1.55. The number of amides is 1. The summed E-state index contributed by atoms with van der Waals surface area (Å²) < 4.78 is 5.62. The van der Waals surface area contributed by atoms with Gasteiger partial charge in [-0.25, -0.2) is 0 Å². The zero-order valence-electron chi connectivity index (χ0n) is 12.2. The Morgan fingerprint density at radius 1 is 1.40 bits per heavy atom. The predicted molar refractivity (Wildman–Crippen MR) is 77.7 cm³/mol. The maximum atomic E-state index is 11.6. The van der Waals surface area contributed by atoms with Crippen molar-refractivity contribution in [2.45, 2.75) is 45.3 Å². The van der Waals surface area contributed by atoms with Gasteiger partial charge in [-0.1, -0.05) is 17.7 Å². The molecular formula is C16H23NO3. The molecule has 20 heavy (non-hydrogen) atoms. The van der Waals surface area contributed by atoms with Gasteiger partial charge in [-0.05, 0) is 38.3 Å². The van der Waals surface area contributed by atoms with E-state index in [9.17, 15) is 9.90 Å². The summed E-state index contributed by atoms with van der Waals surface area (Å²) in [4.78, 5) is 13.4. The molecule has 0 aromatic heterocycles. The normalized spacial score (nSPS) is 20.6. The Bertz CT molecular complexity index is 444. The van der Waals surface area contributed by atoms with Gasteiger partial charge in [0.1, 0.15) is 18.5 Å². The molecule has 4 heteroatoms. The molecule has 0 aliphatic carbocycles. The third-order valence-electron chi connectivity index (χ3n) is 3.84. The molecular weight excluding hydrogens is 254 g/mol. The molecule has 1 heterocycles. The summed E-state index contributed by atoms with van der Waals surface area (Å²) in [7, 11) is 0. The second-order valence-electron chi connectivity index (χ2n) is 5.47. The third kappa shape index (κ3) is 3.73. The zero-order chi connectivity index (χ0) is 14.5. The van der Waals surface area contributed by atoms with E-state index in [2.05, 4.69) is 0 Å². The van der Waals surface area contributed by atoms with E-state index in [0.29, 0.717) is 0 Å². The number of likely N-dealkylation sites (tertiary alicyclic amines) is 1. The molecule has 1 aliphatic heterocycles. The number of piperidine rings is 1. The van der Waals surface area contributed by atoms with Crippen molar-refractivity contribution in [1.29, 1.82) is 0 Å². The summed E-state index contributed by atoms with van der Waals surface area (Å²) in [6.45, 7) is 4.54. The topological polar surface area (TPSA) is 49.8 Å². The lowest BCUT2D eigenvalue weighted by atomic mass is 9.97. The fourth-order valence-corrected chi connectivity index (χ4v) is 2.68. The molecule has 1 aliphatic rings. The molecule has 2 atom stereocenters. The van der Waals surface area contributed by atoms with Gasteiger partial charge in [-0.15, -0.1) is 0 Å². The maximum Gasteiger partial charge on any atom is 0.219 e. The van der Waals surface area contributed by atoms with Crippen molar-refractivity contribution in [3.63, 3.8) is 0 Å². The van der Waals surface area contributed by atoms with Crippen LogP contribution in [0.4, 0.5) is 0 Å². The lowest BCUT2D eigenvalue weighted by Crippen LogP contribution is -2.50. The van der Waals surface area contributed by atoms with Gasteiger partial charge in [-0.2, -0.15) is 0 Å². The summed E-state index contributed by atoms with van der Waals surface area (Å²) in [5, 5.41) is 10.3. The minimum atomic E-state index is -0.638. The summed E-state index contributed by atoms with van der Waals surface area (Å²) in [6.07, 6.45) is 2.27. The van der Waals surface area contributed by atoms with Gasteiger partial charge in [-0.3, -0.25) is 4.79 Å². The van der Waals surface area contributed by atoms with Gasteiger partial charge in [0.15, 0.2) is 0 Å². The molecule has 0 radical (unpaired) electrons. The van der Waals surface area contributed by atoms with Crippen LogP contribution >= 0.6 is 0 Å². The van der Waals surface area contributed by atoms with Crippen molar-refractivity contribution >= 4 is 5.91 Å². The van der Waals surface area contributed by atoms with Crippen molar-refractivity contribution in [3.05, 3.63) is 29.8 Å². The number of carbonyl (C=O) groups excluding carboxylic acids is 1. The van der Waals surface area contributed by atoms with Crippen molar-refractivity contribution in [2.24, 2.45) is 0 Å². The van der Waals surface area contributed by atoms with Crippen LogP contribution in [0.15, 0.2) is 24.3 Å². The van der Waals surface area contributed by atoms with Crippen molar-refractivity contribution in [1.82, 2.24) is 4.90 Å². The van der Waals surface area contributed by atoms with Gasteiger partial charge in [0.05, 0.1) is 6.04 Å². The number of hydrogen-bond donors (Lipinski definition) is 1. The number of carbonyl (C=O) groups is 1. The zero-order valence-corrected chi connectivity index (χ0v) is 12.2. The lowest BCUT2D eigenvalue weighted by Gasteiger charge is -2.37. The molecule has 0 bridgehead atoms. The summed E-state index contributed by atoms with van der Waals surface area (Å²) in [5.74, 6) is 0.781. The van der Waals surface area contributed by atoms with E-state index in [0.717, 1.165) is 31.6 Å². The molecule has 110 valence electrons. The number of nitrogens with zero attached hydrogens (tertiary/aromatic N) is 1. The van der Waals surface area contributed by atoms with Gasteiger partial charge < -0.3 is 14.7 Å². The molecule has 4 nitrogen and oxygen atoms in total. The van der Waals surface area contributed by atoms with Crippen molar-refractivity contribution in [3.8, 4) is 5.75 Å². The Kier molecular flexibility index (Phi) is 5.01. The van der Waals surface area contributed by atoms with Crippen LogP contribution in [-0.2, 0) is 4.79 Å². The van der Waals surface area contributed by atoms with E-state index in [1.807, 2.05) is 31.2 Å². The van der Waals surface area contributed by atoms with Gasteiger partial charge in [0.2, 0.25) is 5.91 Å². The van der Waals surface area contributed by atoms with Crippen LogP contribution in [0, 0.1) is 6.92 Å². The average molecular weight is 277 g/mol. The SMILES string of the molecule is CC(=O)N1CCCC[C@@H]1[C@H](O)COc1ccc(C)cc1. The highest BCUT2D eigenvalue weighted by atomic mass is 16.5. The minimum Gasteiger partial charge on any atom is -0.491 e. The lowest BCUT2D eigenvalue weighted by molar-refractivity contribution is -0.136. The molecule has 1 N–H and O–H groups in total. The Labute approximate surface area is 120 Å². The van der Waals surface area contributed by atoms with Crippen LogP contribution in [0.1, 0.15) is 31.7 Å². The standard InChI is InChI=1S/C16H23NO3/c1-12-6-8-14(9-7-12)20-11-16(19)15-5-3-4-10-17(15)13(2)18/h6-9,15-16,19H,3-5,10-11H2,1-2H3/t15-,16-/m1/s1. The van der Waals surface area contributed by atoms with Gasteiger partial charge in [0.25, 0.3) is 0 Å². The van der Waals surface area contributed by atoms with Crippen LogP contribution in [0.3, 0.4) is 0 Å². The molecule has 0 unspecified atom stereocenters. The van der Waals surface area contributed by atoms with E-state index >= 15 is 0 Å². The summed E-state index contributed by atoms with van der Waals surface area (Å²) in [5.41, 5.74) is 1.17. The first-order chi connectivity index (χ1) is 9.58. The number of aliphatic hydroxyl groups is 1. The summed E-state index contributed by atoms with van der Waals surface area (Å²) >= 11 is 0. The van der Waals surface area contributed by atoms with E-state index in [1.54, 1.807) is 11.8 Å². The first kappa shape index (κ1) is 14.9. The molecule has 1 aromatic carbocycles. The molecule has 1 saturated heterocycles. The minimum absolute atomic E-state index is 0.0316. The molecule has 1 aromatic rings. The average Bonchev–Trinajstić information content (AvgIpc) is 2.46. The largest absolute Gasteiger partial charge is 0.491 e. The van der Waals surface area contributed by atoms with Crippen LogP contribution in [0.5, 0.6) is 5.75 Å². The highest BCUT2D eigenvalue weighted by Gasteiger charge is 2.30. The number of aliphatic hydroxyl groups excluding tert-OH is 1. The smallest absolute Gasteiger partial charge is 0.219 e. The predicted octanol–water partition coefficient (Wildman–Crippen LogP) is 2.14. The Morgan fingerprint density at radius 3 is 2.75 bits per heavy atom. The fraction of sp³-hybridized carbons (Fsp3) is 0.562. The Morgan fingerprint density at radius 2 is 2.10 bits per heavy atom. The molecule has 2 rings (SSSR count). The Balaban J connectivity index is 1.91. The van der Waals surface area contributed by atoms with Gasteiger partial charge in [0, 0.05) is 13.5 Å². The fourth-order valence-electron chi connectivity index (χ4n) is 2.68. The third-order valence-corrected chi connectivity index (χ3v) is 3.84. The summed E-state index contributed by atoms with van der Waals surface area (Å²) in [6, 6.07) is 7.62. The van der Waals surface area contributed by atoms with Crippen molar-refractivity contribution in [2.75, 3.05) is 13.2 Å². The highest BCUT2D eigenvalue weighted by Crippen LogP contribution is 2.21. The van der Waals surface area contributed by atoms with Crippen molar-refractivity contribution < 1.29 is 14.6 Å². The molecule has 1 fully saturated rings. The molecule has 1 amide bonds. The van der Waals surface area contributed by atoms with Gasteiger partial charge >= 0.3 is 0 Å². The van der Waals surface area contributed by atoms with E-state index in [4.69, 9.17) is 4.74 Å². The number of aryl methyl sites for hydroxylation is 1. The first-order valence-corrected chi connectivity index (χ1v) is 7.22. The van der Waals surface area contributed by atoms with Crippen LogP contribution in [0.25, 0.3) is 0 Å². The van der Waals surface area contributed by atoms with E-state index < -0.39 is 6.10 Å². The monoisotopic (exact) mass is 277 g/mol. The quantitative estimate of drug-likeness (QED) is 0.917. The molecule has 0 saturated carbocycles. The number of ether oxygens (including phenoxy) is 1. The second kappa shape index (κ2) is 6.75. The number of rotatable bonds is 4. The van der Waals surface area contributed by atoms with Crippen LogP contribution in [-0.4, -0.2) is 41.2 Å². The second-order valence-corrected chi connectivity index (χ2v) is 5.47. The van der Waals surface area contributed by atoms with E-state index in [-0.39, 0.29) is 18.6 Å². The number of benzene rings is 1. The highest BCUT2D eigenvalue weighted by molar-refractivity contribution is 5.73. The number of hydrogen-bond acceptors (Lipinski definition) is 3. The first-order valence-electron chi connectivity index (χ1n) is 7.22. The molecule has 0 spiro atoms. The van der Waals surface area contributed by atoms with E-state index in [1.165, 1.54) is 5.56 Å².